The zero-order valence-electron chi connectivity index (χ0n) is 11.2. The smallest absolute Gasteiger partial charge is 0.126 e. The molecular formula is C16H14BrN3O. The Bertz CT molecular complexity index is 791. The minimum atomic E-state index is -0.740. The second-order valence-electron chi connectivity index (χ2n) is 4.82. The van der Waals surface area contributed by atoms with E-state index in [-0.39, 0.29) is 0 Å². The van der Waals surface area contributed by atoms with Gasteiger partial charge in [0.25, 0.3) is 0 Å². The van der Waals surface area contributed by atoms with Crippen LogP contribution in [0, 0.1) is 0 Å². The summed E-state index contributed by atoms with van der Waals surface area (Å²) in [4.78, 5) is 8.58. The Morgan fingerprint density at radius 1 is 1.19 bits per heavy atom. The first kappa shape index (κ1) is 14.0. The molecule has 0 bridgehead atoms. The molecule has 5 heteroatoms. The molecule has 2 heterocycles. The van der Waals surface area contributed by atoms with Crippen molar-refractivity contribution >= 4 is 32.7 Å². The molecule has 0 aliphatic heterocycles. The number of rotatable bonds is 3. The van der Waals surface area contributed by atoms with Crippen molar-refractivity contribution in [3.8, 4) is 0 Å². The highest BCUT2D eigenvalue weighted by atomic mass is 79.9. The molecule has 4 nitrogen and oxygen atoms in total. The first-order valence-electron chi connectivity index (χ1n) is 6.58. The van der Waals surface area contributed by atoms with E-state index in [1.54, 1.807) is 12.3 Å². The van der Waals surface area contributed by atoms with Crippen LogP contribution in [0.2, 0.25) is 0 Å². The summed E-state index contributed by atoms with van der Waals surface area (Å²) in [5.74, 6) is 0.438. The van der Waals surface area contributed by atoms with E-state index in [1.165, 1.54) is 0 Å². The molecule has 0 spiro atoms. The topological polar surface area (TPSA) is 72.0 Å². The van der Waals surface area contributed by atoms with Crippen molar-refractivity contribution in [2.45, 2.75) is 12.5 Å². The molecular weight excluding hydrogens is 330 g/mol. The number of para-hydroxylation sites is 1. The van der Waals surface area contributed by atoms with Crippen LogP contribution in [0.3, 0.4) is 0 Å². The Kier molecular flexibility index (Phi) is 3.86. The maximum atomic E-state index is 10.5. The lowest BCUT2D eigenvalue weighted by Gasteiger charge is -2.14. The molecule has 1 unspecified atom stereocenters. The van der Waals surface area contributed by atoms with Crippen molar-refractivity contribution in [2.24, 2.45) is 0 Å². The number of fused-ring (bicyclic) bond motifs is 1. The summed E-state index contributed by atoms with van der Waals surface area (Å²) in [6, 6.07) is 13.4. The number of aliphatic hydroxyl groups excluding tert-OH is 1. The first-order chi connectivity index (χ1) is 10.1. The number of nitrogen functional groups attached to an aromatic ring is 1. The summed E-state index contributed by atoms with van der Waals surface area (Å²) in [6.45, 7) is 0. The molecule has 0 amide bonds. The lowest BCUT2D eigenvalue weighted by atomic mass is 10.1. The summed E-state index contributed by atoms with van der Waals surface area (Å²) in [7, 11) is 0. The molecule has 2 aromatic heterocycles. The number of aliphatic hydroxyl groups is 1. The average Bonchev–Trinajstić information content (AvgIpc) is 2.49. The fraction of sp³-hybridized carbons (Fsp3) is 0.125. The molecule has 3 aromatic rings. The van der Waals surface area contributed by atoms with E-state index in [1.807, 2.05) is 36.4 Å². The lowest BCUT2D eigenvalue weighted by molar-refractivity contribution is 0.173. The molecule has 3 N–H and O–H groups in total. The number of nitrogens with two attached hydrogens (primary N) is 1. The van der Waals surface area contributed by atoms with Gasteiger partial charge in [-0.05, 0) is 39.7 Å². The summed E-state index contributed by atoms with van der Waals surface area (Å²) >= 11 is 3.48. The van der Waals surface area contributed by atoms with Crippen molar-refractivity contribution in [3.05, 3.63) is 64.4 Å². The van der Waals surface area contributed by atoms with Crippen LogP contribution in [0.15, 0.2) is 53.1 Å². The molecule has 106 valence electrons. The number of aromatic nitrogens is 2. The third-order valence-corrected chi connectivity index (χ3v) is 3.99. The van der Waals surface area contributed by atoms with Gasteiger partial charge in [0, 0.05) is 22.5 Å². The number of anilines is 1. The Labute approximate surface area is 130 Å². The van der Waals surface area contributed by atoms with Gasteiger partial charge in [-0.3, -0.25) is 0 Å². The maximum absolute atomic E-state index is 10.5. The van der Waals surface area contributed by atoms with Crippen molar-refractivity contribution in [2.75, 3.05) is 5.73 Å². The monoisotopic (exact) mass is 343 g/mol. The largest absolute Gasteiger partial charge is 0.386 e. The molecule has 3 rings (SSSR count). The zero-order valence-corrected chi connectivity index (χ0v) is 12.8. The van der Waals surface area contributed by atoms with Crippen LogP contribution in [0.5, 0.6) is 0 Å². The van der Waals surface area contributed by atoms with Gasteiger partial charge in [0.05, 0.1) is 11.2 Å². The second-order valence-corrected chi connectivity index (χ2v) is 5.67. The molecule has 0 fully saturated rings. The number of pyridine rings is 2. The standard InChI is InChI=1S/C16H14BrN3O/c17-12-8-10-4-1-2-6-13(10)20-15(12)14(21)9-11-5-3-7-19-16(11)18/h1-8,14,21H,9H2,(H2,18,19). The third-order valence-electron chi connectivity index (χ3n) is 3.36. The van der Waals surface area contributed by atoms with Gasteiger partial charge >= 0.3 is 0 Å². The maximum Gasteiger partial charge on any atom is 0.126 e. The third kappa shape index (κ3) is 2.89. The Balaban J connectivity index is 1.96. The summed E-state index contributed by atoms with van der Waals surface area (Å²) in [6.07, 6.45) is 1.27. The normalized spacial score (nSPS) is 12.5. The van der Waals surface area contributed by atoms with Crippen LogP contribution in [0.4, 0.5) is 5.82 Å². The molecule has 0 aliphatic rings. The van der Waals surface area contributed by atoms with Crippen LogP contribution in [-0.2, 0) is 6.42 Å². The van der Waals surface area contributed by atoms with Gasteiger partial charge < -0.3 is 10.8 Å². The van der Waals surface area contributed by atoms with Crippen molar-refractivity contribution < 1.29 is 5.11 Å². The summed E-state index contributed by atoms with van der Waals surface area (Å²) < 4.78 is 0.788. The van der Waals surface area contributed by atoms with E-state index in [2.05, 4.69) is 25.9 Å². The minimum absolute atomic E-state index is 0.379. The van der Waals surface area contributed by atoms with Gasteiger partial charge in [0.2, 0.25) is 0 Å². The van der Waals surface area contributed by atoms with E-state index < -0.39 is 6.10 Å². The van der Waals surface area contributed by atoms with Crippen LogP contribution < -0.4 is 5.73 Å². The van der Waals surface area contributed by atoms with Crippen molar-refractivity contribution in [3.63, 3.8) is 0 Å². The fourth-order valence-electron chi connectivity index (χ4n) is 2.27. The average molecular weight is 344 g/mol. The molecule has 1 aromatic carbocycles. The van der Waals surface area contributed by atoms with Crippen LogP contribution in [-0.4, -0.2) is 15.1 Å². The SMILES string of the molecule is Nc1ncccc1CC(O)c1nc2ccccc2cc1Br. The van der Waals surface area contributed by atoms with Crippen molar-refractivity contribution in [1.29, 1.82) is 0 Å². The minimum Gasteiger partial charge on any atom is -0.386 e. The molecule has 0 saturated carbocycles. The summed E-state index contributed by atoms with van der Waals surface area (Å²) in [5, 5.41) is 11.5. The molecule has 0 saturated heterocycles. The fourth-order valence-corrected chi connectivity index (χ4v) is 2.87. The van der Waals surface area contributed by atoms with Crippen LogP contribution in [0.1, 0.15) is 17.4 Å². The Morgan fingerprint density at radius 2 is 2.00 bits per heavy atom. The van der Waals surface area contributed by atoms with Crippen molar-refractivity contribution in [1.82, 2.24) is 9.97 Å². The van der Waals surface area contributed by atoms with E-state index >= 15 is 0 Å². The Hall–Kier alpha value is -1.98. The molecule has 0 radical (unpaired) electrons. The summed E-state index contributed by atoms with van der Waals surface area (Å²) in [5.41, 5.74) is 8.10. The first-order valence-corrected chi connectivity index (χ1v) is 7.37. The van der Waals surface area contributed by atoms with Gasteiger partial charge in [-0.2, -0.15) is 0 Å². The van der Waals surface area contributed by atoms with Gasteiger partial charge in [-0.25, -0.2) is 9.97 Å². The Morgan fingerprint density at radius 3 is 2.81 bits per heavy atom. The highest BCUT2D eigenvalue weighted by Crippen LogP contribution is 2.28. The van der Waals surface area contributed by atoms with Crippen LogP contribution >= 0.6 is 15.9 Å². The van der Waals surface area contributed by atoms with E-state index in [9.17, 15) is 5.11 Å². The predicted molar refractivity (Wildman–Crippen MR) is 86.8 cm³/mol. The molecule has 0 aliphatic carbocycles. The molecule has 1 atom stereocenters. The lowest BCUT2D eigenvalue weighted by Crippen LogP contribution is -2.08. The quantitative estimate of drug-likeness (QED) is 0.765. The number of halogens is 1. The number of nitrogens with zero attached hydrogens (tertiary/aromatic N) is 2. The number of benzene rings is 1. The second kappa shape index (κ2) is 5.79. The van der Waals surface area contributed by atoms with E-state index in [0.29, 0.717) is 17.9 Å². The van der Waals surface area contributed by atoms with Gasteiger partial charge in [-0.1, -0.05) is 24.3 Å². The van der Waals surface area contributed by atoms with Gasteiger partial charge in [0.1, 0.15) is 11.9 Å². The number of hydrogen-bond acceptors (Lipinski definition) is 4. The molecule has 21 heavy (non-hydrogen) atoms. The van der Waals surface area contributed by atoms with E-state index in [4.69, 9.17) is 5.73 Å². The van der Waals surface area contributed by atoms with E-state index in [0.717, 1.165) is 20.9 Å². The number of hydrogen-bond donors (Lipinski definition) is 2. The zero-order chi connectivity index (χ0) is 14.8. The van der Waals surface area contributed by atoms with Crippen LogP contribution in [0.25, 0.3) is 10.9 Å². The predicted octanol–water partition coefficient (Wildman–Crippen LogP) is 3.25. The van der Waals surface area contributed by atoms with Gasteiger partial charge in [0.15, 0.2) is 0 Å². The van der Waals surface area contributed by atoms with Gasteiger partial charge in [-0.15, -0.1) is 0 Å². The highest BCUT2D eigenvalue weighted by Gasteiger charge is 2.16. The highest BCUT2D eigenvalue weighted by molar-refractivity contribution is 9.10.